The zero-order chi connectivity index (χ0) is 19.2. The molecule has 0 bridgehead atoms. The predicted octanol–water partition coefficient (Wildman–Crippen LogP) is 2.42. The van der Waals surface area contributed by atoms with Gasteiger partial charge in [0.25, 0.3) is 5.03 Å². The van der Waals surface area contributed by atoms with Gasteiger partial charge in [-0.25, -0.2) is 0 Å². The summed E-state index contributed by atoms with van der Waals surface area (Å²) in [5.74, 6) is 1.15. The van der Waals surface area contributed by atoms with E-state index in [0.29, 0.717) is 23.1 Å². The minimum absolute atomic E-state index is 0.0591. The van der Waals surface area contributed by atoms with Crippen molar-refractivity contribution in [3.05, 3.63) is 58.4 Å². The molecular weight excluding hydrogens is 386 g/mol. The van der Waals surface area contributed by atoms with Crippen molar-refractivity contribution in [3.63, 3.8) is 0 Å². The van der Waals surface area contributed by atoms with Gasteiger partial charge >= 0.3 is 0 Å². The van der Waals surface area contributed by atoms with Gasteiger partial charge in [0, 0.05) is 55.4 Å². The Labute approximate surface area is 168 Å². The number of hydrogen-bond donors (Lipinski definition) is 0. The summed E-state index contributed by atoms with van der Waals surface area (Å²) >= 11 is 7.37. The number of benzene rings is 1. The summed E-state index contributed by atoms with van der Waals surface area (Å²) in [5, 5.41) is 12.9. The number of carbonyl (C=O) groups is 1. The van der Waals surface area contributed by atoms with Crippen LogP contribution in [0.15, 0.2) is 47.6 Å². The maximum Gasteiger partial charge on any atom is 0.251 e. The van der Waals surface area contributed by atoms with Gasteiger partial charge in [-0.2, -0.15) is 4.73 Å². The molecule has 0 radical (unpaired) electrons. The number of pyridine rings is 1. The number of thioether (sulfide) groups is 1. The van der Waals surface area contributed by atoms with Crippen LogP contribution in [0.2, 0.25) is 5.02 Å². The van der Waals surface area contributed by atoms with Crippen LogP contribution in [0.25, 0.3) is 0 Å². The Morgan fingerprint density at radius 1 is 1.26 bits per heavy atom. The lowest BCUT2D eigenvalue weighted by Crippen LogP contribution is -2.48. The van der Waals surface area contributed by atoms with Gasteiger partial charge in [-0.05, 0) is 36.0 Å². The molecule has 27 heavy (non-hydrogen) atoms. The summed E-state index contributed by atoms with van der Waals surface area (Å²) in [4.78, 5) is 16.6. The third kappa shape index (κ3) is 5.28. The minimum Gasteiger partial charge on any atom is -0.618 e. The fourth-order valence-electron chi connectivity index (χ4n) is 3.02. The summed E-state index contributed by atoms with van der Waals surface area (Å²) in [7, 11) is 1.65. The number of amides is 1. The van der Waals surface area contributed by atoms with Crippen LogP contribution < -0.4 is 9.47 Å². The molecule has 0 N–H and O–H groups in total. The topological polar surface area (TPSA) is 59.7 Å². The van der Waals surface area contributed by atoms with Crippen molar-refractivity contribution in [1.29, 1.82) is 0 Å². The van der Waals surface area contributed by atoms with Crippen LogP contribution in [0.5, 0.6) is 5.75 Å². The summed E-state index contributed by atoms with van der Waals surface area (Å²) in [6, 6.07) is 10.8. The molecule has 0 saturated carbocycles. The largest absolute Gasteiger partial charge is 0.618 e. The van der Waals surface area contributed by atoms with Gasteiger partial charge in [-0.15, -0.1) is 0 Å². The molecule has 6 nitrogen and oxygen atoms in total. The zero-order valence-corrected chi connectivity index (χ0v) is 16.7. The molecule has 3 rings (SSSR count). The molecule has 8 heteroatoms. The molecule has 1 fully saturated rings. The summed E-state index contributed by atoms with van der Waals surface area (Å²) in [6.45, 7) is 3.67. The number of rotatable bonds is 6. The highest BCUT2D eigenvalue weighted by Crippen LogP contribution is 2.24. The lowest BCUT2D eigenvalue weighted by Gasteiger charge is -2.35. The average molecular weight is 408 g/mol. The van der Waals surface area contributed by atoms with Crippen LogP contribution in [0.3, 0.4) is 0 Å². The molecule has 0 aliphatic carbocycles. The van der Waals surface area contributed by atoms with Crippen molar-refractivity contribution in [2.45, 2.75) is 11.6 Å². The zero-order valence-electron chi connectivity index (χ0n) is 15.1. The van der Waals surface area contributed by atoms with E-state index in [9.17, 15) is 10.0 Å². The van der Waals surface area contributed by atoms with Crippen molar-refractivity contribution in [1.82, 2.24) is 9.80 Å². The predicted molar refractivity (Wildman–Crippen MR) is 106 cm³/mol. The van der Waals surface area contributed by atoms with Gasteiger partial charge in [0.05, 0.1) is 12.9 Å². The number of ether oxygens (including phenoxy) is 1. The number of halogens is 1. The van der Waals surface area contributed by atoms with Gasteiger partial charge < -0.3 is 14.8 Å². The van der Waals surface area contributed by atoms with Crippen molar-refractivity contribution in [2.24, 2.45) is 0 Å². The molecule has 1 aliphatic heterocycles. The van der Waals surface area contributed by atoms with Crippen molar-refractivity contribution >= 4 is 29.3 Å². The van der Waals surface area contributed by atoms with E-state index >= 15 is 0 Å². The quantitative estimate of drug-likeness (QED) is 0.418. The van der Waals surface area contributed by atoms with E-state index in [-0.39, 0.29) is 11.7 Å². The Morgan fingerprint density at radius 2 is 2.04 bits per heavy atom. The number of methoxy groups -OCH3 is 1. The summed E-state index contributed by atoms with van der Waals surface area (Å²) < 4.78 is 6.19. The van der Waals surface area contributed by atoms with Crippen LogP contribution in [0, 0.1) is 5.21 Å². The fraction of sp³-hybridized carbons (Fsp3) is 0.368. The van der Waals surface area contributed by atoms with E-state index in [0.717, 1.165) is 35.7 Å². The SMILES string of the molecule is COc1ccc(Cl)cc1CN1CCN(C(=O)CSc2cccc[n+]2[O-])CC1. The smallest absolute Gasteiger partial charge is 0.251 e. The Kier molecular flexibility index (Phi) is 6.82. The van der Waals surface area contributed by atoms with Gasteiger partial charge in [0.1, 0.15) is 5.75 Å². The highest BCUT2D eigenvalue weighted by Gasteiger charge is 2.22. The number of aromatic nitrogens is 1. The fourth-order valence-corrected chi connectivity index (χ4v) is 4.03. The highest BCUT2D eigenvalue weighted by atomic mass is 35.5. The second-order valence-corrected chi connectivity index (χ2v) is 7.70. The molecule has 0 spiro atoms. The maximum atomic E-state index is 12.4. The Balaban J connectivity index is 1.49. The van der Waals surface area contributed by atoms with E-state index in [2.05, 4.69) is 4.90 Å². The van der Waals surface area contributed by atoms with Gasteiger partial charge in [0.15, 0.2) is 6.20 Å². The van der Waals surface area contributed by atoms with E-state index in [1.165, 1.54) is 18.0 Å². The molecule has 1 aliphatic rings. The first kappa shape index (κ1) is 19.8. The Morgan fingerprint density at radius 3 is 2.74 bits per heavy atom. The monoisotopic (exact) mass is 407 g/mol. The van der Waals surface area contributed by atoms with Gasteiger partial charge in [-0.3, -0.25) is 9.69 Å². The maximum absolute atomic E-state index is 12.4. The number of piperazine rings is 1. The van der Waals surface area contributed by atoms with Crippen molar-refractivity contribution < 1.29 is 14.3 Å². The van der Waals surface area contributed by atoms with Crippen LogP contribution >= 0.6 is 23.4 Å². The molecular formula is C19H22ClN3O3S. The Hall–Kier alpha value is -1.96. The molecule has 1 saturated heterocycles. The number of carbonyl (C=O) groups excluding carboxylic acids is 1. The number of nitrogens with zero attached hydrogens (tertiary/aromatic N) is 3. The first-order valence-electron chi connectivity index (χ1n) is 8.70. The summed E-state index contributed by atoms with van der Waals surface area (Å²) in [5.41, 5.74) is 1.05. The van der Waals surface area contributed by atoms with Crippen molar-refractivity contribution in [3.8, 4) is 5.75 Å². The van der Waals surface area contributed by atoms with Crippen LogP contribution in [-0.4, -0.2) is 54.7 Å². The third-order valence-electron chi connectivity index (χ3n) is 4.49. The third-order valence-corrected chi connectivity index (χ3v) is 5.73. The first-order chi connectivity index (χ1) is 13.1. The van der Waals surface area contributed by atoms with Crippen LogP contribution in [0.1, 0.15) is 5.56 Å². The summed E-state index contributed by atoms with van der Waals surface area (Å²) in [6.07, 6.45) is 1.44. The lowest BCUT2D eigenvalue weighted by molar-refractivity contribution is -0.645. The molecule has 0 atom stereocenters. The van der Waals surface area contributed by atoms with Crippen LogP contribution in [0.4, 0.5) is 0 Å². The van der Waals surface area contributed by atoms with Crippen LogP contribution in [-0.2, 0) is 11.3 Å². The second-order valence-electron chi connectivity index (χ2n) is 6.27. The van der Waals surface area contributed by atoms with Gasteiger partial charge in [0.2, 0.25) is 5.91 Å². The molecule has 0 unspecified atom stereocenters. The molecule has 2 heterocycles. The van der Waals surface area contributed by atoms with E-state index in [1.807, 2.05) is 23.1 Å². The highest BCUT2D eigenvalue weighted by molar-refractivity contribution is 7.99. The van der Waals surface area contributed by atoms with Crippen molar-refractivity contribution in [2.75, 3.05) is 39.0 Å². The van der Waals surface area contributed by atoms with E-state index in [4.69, 9.17) is 16.3 Å². The number of hydrogen-bond acceptors (Lipinski definition) is 5. The molecule has 1 amide bonds. The molecule has 1 aromatic heterocycles. The van der Waals surface area contributed by atoms with E-state index in [1.54, 1.807) is 25.3 Å². The van der Waals surface area contributed by atoms with Gasteiger partial charge in [-0.1, -0.05) is 11.6 Å². The molecule has 1 aromatic carbocycles. The molecule has 144 valence electrons. The standard InChI is InChI=1S/C19H22ClN3O3S/c1-26-17-6-5-16(20)12-15(17)13-21-8-10-22(11-9-21)18(24)14-27-19-4-2-3-7-23(19)25/h2-7,12H,8-11,13-14H2,1H3. The average Bonchev–Trinajstić information content (AvgIpc) is 2.68. The second kappa shape index (κ2) is 9.30. The Bertz CT molecular complexity index is 798. The lowest BCUT2D eigenvalue weighted by atomic mass is 10.1. The molecule has 2 aromatic rings. The normalized spacial score (nSPS) is 15.0. The van der Waals surface area contributed by atoms with E-state index < -0.39 is 0 Å². The first-order valence-corrected chi connectivity index (χ1v) is 10.1. The minimum atomic E-state index is 0.0591.